The van der Waals surface area contributed by atoms with Gasteiger partial charge in [-0.2, -0.15) is 0 Å². The summed E-state index contributed by atoms with van der Waals surface area (Å²) >= 11 is 2.03. The summed E-state index contributed by atoms with van der Waals surface area (Å²) < 4.78 is 0. The van der Waals surface area contributed by atoms with Gasteiger partial charge >= 0.3 is 0 Å². The number of hydrogen-bond acceptors (Lipinski definition) is 2. The van der Waals surface area contributed by atoms with Gasteiger partial charge in [-0.15, -0.1) is 11.8 Å². The highest BCUT2D eigenvalue weighted by Crippen LogP contribution is 2.47. The molecule has 0 unspecified atom stereocenters. The number of thioether (sulfide) groups is 1. The molecule has 1 N–H and O–H groups in total. The molecule has 2 aromatic rings. The number of para-hydroxylation sites is 1. The summed E-state index contributed by atoms with van der Waals surface area (Å²) in [6.45, 7) is 4.89. The Balaban J connectivity index is 2.00. The van der Waals surface area contributed by atoms with Gasteiger partial charge in [-0.25, -0.2) is 0 Å². The van der Waals surface area contributed by atoms with Crippen LogP contribution in [0.5, 0.6) is 0 Å². The Bertz CT molecular complexity index is 604. The first-order valence-electron chi connectivity index (χ1n) is 6.78. The smallest absolute Gasteiger partial charge is 0.0595 e. The molecular weight excluding hydrogens is 240 g/mol. The first-order valence-corrected chi connectivity index (χ1v) is 7.77. The Labute approximate surface area is 112 Å². The zero-order chi connectivity index (χ0) is 12.2. The van der Waals surface area contributed by atoms with E-state index in [1.807, 2.05) is 11.8 Å². The second-order valence-electron chi connectivity index (χ2n) is 5.59. The number of H-pyrrole nitrogens is 1. The third kappa shape index (κ3) is 1.35. The van der Waals surface area contributed by atoms with E-state index in [-0.39, 0.29) is 5.54 Å². The van der Waals surface area contributed by atoms with Crippen molar-refractivity contribution in [3.8, 4) is 0 Å². The molecule has 0 bridgehead atoms. The van der Waals surface area contributed by atoms with E-state index in [2.05, 4.69) is 41.1 Å². The molecule has 1 fully saturated rings. The number of rotatable bonds is 0. The van der Waals surface area contributed by atoms with Crippen molar-refractivity contribution in [2.45, 2.75) is 30.2 Å². The average molecular weight is 258 g/mol. The van der Waals surface area contributed by atoms with Crippen LogP contribution in [0.4, 0.5) is 0 Å². The minimum Gasteiger partial charge on any atom is -0.356 e. The van der Waals surface area contributed by atoms with Gasteiger partial charge in [0.05, 0.1) is 5.54 Å². The summed E-state index contributed by atoms with van der Waals surface area (Å²) in [5, 5.41) is 1.41. The molecule has 3 heteroatoms. The Morgan fingerprint density at radius 3 is 3.11 bits per heavy atom. The van der Waals surface area contributed by atoms with Gasteiger partial charge in [0.25, 0.3) is 0 Å². The zero-order valence-electron chi connectivity index (χ0n) is 10.7. The molecule has 2 aliphatic rings. The molecule has 1 atom stereocenters. The second-order valence-corrected chi connectivity index (χ2v) is 6.69. The molecule has 1 aromatic carbocycles. The van der Waals surface area contributed by atoms with Gasteiger partial charge in [0.2, 0.25) is 0 Å². The SMILES string of the molecule is C[C@]12CCCN1CCSc1c2[nH]c2ccccc12. The van der Waals surface area contributed by atoms with E-state index in [4.69, 9.17) is 0 Å². The molecule has 4 rings (SSSR count). The maximum Gasteiger partial charge on any atom is 0.0595 e. The summed E-state index contributed by atoms with van der Waals surface area (Å²) in [6.07, 6.45) is 2.61. The van der Waals surface area contributed by atoms with Gasteiger partial charge in [-0.1, -0.05) is 18.2 Å². The van der Waals surface area contributed by atoms with E-state index >= 15 is 0 Å². The monoisotopic (exact) mass is 258 g/mol. The number of nitrogens with zero attached hydrogens (tertiary/aromatic N) is 1. The second kappa shape index (κ2) is 3.78. The lowest BCUT2D eigenvalue weighted by molar-refractivity contribution is 0.162. The van der Waals surface area contributed by atoms with Crippen molar-refractivity contribution < 1.29 is 0 Å². The van der Waals surface area contributed by atoms with Crippen molar-refractivity contribution in [3.05, 3.63) is 30.0 Å². The number of benzene rings is 1. The van der Waals surface area contributed by atoms with Gasteiger partial charge in [0, 0.05) is 33.8 Å². The quantitative estimate of drug-likeness (QED) is 0.779. The summed E-state index contributed by atoms with van der Waals surface area (Å²) in [7, 11) is 0. The van der Waals surface area contributed by atoms with Gasteiger partial charge in [0.1, 0.15) is 0 Å². The van der Waals surface area contributed by atoms with Crippen LogP contribution in [0.25, 0.3) is 10.9 Å². The summed E-state index contributed by atoms with van der Waals surface area (Å²) in [5.41, 5.74) is 2.99. The molecule has 94 valence electrons. The van der Waals surface area contributed by atoms with Crippen LogP contribution in [0.3, 0.4) is 0 Å². The van der Waals surface area contributed by atoms with Gasteiger partial charge in [0.15, 0.2) is 0 Å². The van der Waals surface area contributed by atoms with Crippen molar-refractivity contribution in [3.63, 3.8) is 0 Å². The molecule has 0 amide bonds. The Hall–Kier alpha value is -0.930. The molecule has 18 heavy (non-hydrogen) atoms. The van der Waals surface area contributed by atoms with Crippen molar-refractivity contribution in [2.24, 2.45) is 0 Å². The van der Waals surface area contributed by atoms with E-state index < -0.39 is 0 Å². The van der Waals surface area contributed by atoms with Crippen LogP contribution < -0.4 is 0 Å². The fraction of sp³-hybridized carbons (Fsp3) is 0.467. The maximum absolute atomic E-state index is 3.71. The molecule has 0 spiro atoms. The maximum atomic E-state index is 3.71. The highest BCUT2D eigenvalue weighted by Gasteiger charge is 2.42. The van der Waals surface area contributed by atoms with E-state index in [1.54, 1.807) is 0 Å². The average Bonchev–Trinajstić information content (AvgIpc) is 2.90. The summed E-state index contributed by atoms with van der Waals surface area (Å²) in [6, 6.07) is 8.73. The van der Waals surface area contributed by atoms with E-state index in [0.29, 0.717) is 0 Å². The fourth-order valence-corrected chi connectivity index (χ4v) is 4.83. The predicted octanol–water partition coefficient (Wildman–Crippen LogP) is 3.58. The van der Waals surface area contributed by atoms with E-state index in [1.165, 1.54) is 53.2 Å². The standard InChI is InChI=1S/C15H18N2S/c1-15-7-4-8-17(15)9-10-18-13-11-5-2-3-6-12(11)16-14(13)15/h2-3,5-6,16H,4,7-10H2,1H3/t15-/m1/s1. The number of aromatic nitrogens is 1. The Kier molecular flexibility index (Phi) is 2.30. The molecular formula is C15H18N2S. The van der Waals surface area contributed by atoms with Gasteiger partial charge in [-0.3, -0.25) is 4.90 Å². The van der Waals surface area contributed by atoms with E-state index in [0.717, 1.165) is 0 Å². The van der Waals surface area contributed by atoms with Crippen LogP contribution in [-0.4, -0.2) is 28.7 Å². The summed E-state index contributed by atoms with van der Waals surface area (Å²) in [4.78, 5) is 7.87. The molecule has 1 saturated heterocycles. The fourth-order valence-electron chi connectivity index (χ4n) is 3.56. The van der Waals surface area contributed by atoms with E-state index in [9.17, 15) is 0 Å². The predicted molar refractivity (Wildman–Crippen MR) is 77.2 cm³/mol. The lowest BCUT2D eigenvalue weighted by Gasteiger charge is -2.33. The number of aromatic amines is 1. The third-order valence-corrected chi connectivity index (χ3v) is 5.69. The molecule has 1 aromatic heterocycles. The van der Waals surface area contributed by atoms with Crippen molar-refractivity contribution in [1.82, 2.24) is 9.88 Å². The molecule has 0 saturated carbocycles. The first kappa shape index (κ1) is 10.9. The largest absolute Gasteiger partial charge is 0.356 e. The normalized spacial score (nSPS) is 28.1. The minimum absolute atomic E-state index is 0.234. The Morgan fingerprint density at radius 1 is 1.28 bits per heavy atom. The van der Waals surface area contributed by atoms with Crippen LogP contribution in [0.2, 0.25) is 0 Å². The van der Waals surface area contributed by atoms with Crippen LogP contribution in [0.15, 0.2) is 29.2 Å². The highest BCUT2D eigenvalue weighted by atomic mass is 32.2. The number of hydrogen-bond donors (Lipinski definition) is 1. The minimum atomic E-state index is 0.234. The summed E-state index contributed by atoms with van der Waals surface area (Å²) in [5.74, 6) is 1.21. The molecule has 2 nitrogen and oxygen atoms in total. The van der Waals surface area contributed by atoms with Gasteiger partial charge < -0.3 is 4.98 Å². The van der Waals surface area contributed by atoms with Crippen LogP contribution in [-0.2, 0) is 5.54 Å². The van der Waals surface area contributed by atoms with Crippen molar-refractivity contribution >= 4 is 22.7 Å². The van der Waals surface area contributed by atoms with Gasteiger partial charge in [-0.05, 0) is 32.4 Å². The Morgan fingerprint density at radius 2 is 2.17 bits per heavy atom. The van der Waals surface area contributed by atoms with Crippen molar-refractivity contribution in [1.29, 1.82) is 0 Å². The number of fused-ring (bicyclic) bond motifs is 5. The van der Waals surface area contributed by atoms with Crippen LogP contribution in [0.1, 0.15) is 25.5 Å². The van der Waals surface area contributed by atoms with Crippen LogP contribution >= 0.6 is 11.8 Å². The molecule has 2 aliphatic heterocycles. The van der Waals surface area contributed by atoms with Crippen LogP contribution in [0, 0.1) is 0 Å². The first-order chi connectivity index (χ1) is 8.79. The highest BCUT2D eigenvalue weighted by molar-refractivity contribution is 7.99. The third-order valence-electron chi connectivity index (χ3n) is 4.59. The number of nitrogens with one attached hydrogen (secondary N) is 1. The lowest BCUT2D eigenvalue weighted by atomic mass is 9.94. The molecule has 0 aliphatic carbocycles. The van der Waals surface area contributed by atoms with Crippen molar-refractivity contribution in [2.75, 3.05) is 18.8 Å². The molecule has 3 heterocycles. The zero-order valence-corrected chi connectivity index (χ0v) is 11.5. The topological polar surface area (TPSA) is 19.0 Å². The lowest BCUT2D eigenvalue weighted by Crippen LogP contribution is -2.39. The molecule has 0 radical (unpaired) electrons.